The lowest BCUT2D eigenvalue weighted by Gasteiger charge is -2.26. The average Bonchev–Trinajstić information content (AvgIpc) is 2.74. The minimum atomic E-state index is -0.736. The molecule has 0 spiro atoms. The molecule has 160 valence electrons. The summed E-state index contributed by atoms with van der Waals surface area (Å²) in [6.45, 7) is 2.47. The maximum absolute atomic E-state index is 12.4. The fourth-order valence-electron chi connectivity index (χ4n) is 2.80. The lowest BCUT2D eigenvalue weighted by molar-refractivity contribution is -0.147. The van der Waals surface area contributed by atoms with Crippen LogP contribution in [0.1, 0.15) is 29.6 Å². The molecule has 1 atom stereocenters. The number of hydrogen-bond donors (Lipinski definition) is 1. The van der Waals surface area contributed by atoms with Crippen molar-refractivity contribution in [3.8, 4) is 0 Å². The van der Waals surface area contributed by atoms with Gasteiger partial charge in [-0.05, 0) is 49.1 Å². The Labute approximate surface area is 180 Å². The number of thioether (sulfide) groups is 1. The quantitative estimate of drug-likeness (QED) is 0.442. The molecule has 0 aliphatic carbocycles. The Morgan fingerprint density at radius 3 is 2.59 bits per heavy atom. The van der Waals surface area contributed by atoms with Gasteiger partial charge in [0.25, 0.3) is 5.91 Å². The van der Waals surface area contributed by atoms with E-state index in [9.17, 15) is 14.4 Å². The van der Waals surface area contributed by atoms with Gasteiger partial charge in [-0.25, -0.2) is 4.79 Å². The van der Waals surface area contributed by atoms with Crippen molar-refractivity contribution in [3.05, 3.63) is 34.9 Å². The molecule has 2 amide bonds. The normalized spacial score (nSPS) is 14.9. The number of amides is 2. The van der Waals surface area contributed by atoms with E-state index in [1.165, 1.54) is 0 Å². The molecule has 0 saturated carbocycles. The van der Waals surface area contributed by atoms with Gasteiger partial charge in [-0.2, -0.15) is 11.8 Å². The summed E-state index contributed by atoms with van der Waals surface area (Å²) in [5.74, 6) is -0.0948. The van der Waals surface area contributed by atoms with E-state index in [0.29, 0.717) is 61.9 Å². The molecular weight excluding hydrogens is 416 g/mol. The van der Waals surface area contributed by atoms with Gasteiger partial charge in [0.05, 0.1) is 19.8 Å². The molecule has 0 radical (unpaired) electrons. The summed E-state index contributed by atoms with van der Waals surface area (Å²) in [5, 5.41) is 3.26. The molecule has 1 N–H and O–H groups in total. The van der Waals surface area contributed by atoms with Gasteiger partial charge in [-0.15, -0.1) is 0 Å². The molecule has 1 aromatic carbocycles. The van der Waals surface area contributed by atoms with Crippen molar-refractivity contribution in [2.75, 3.05) is 44.9 Å². The largest absolute Gasteiger partial charge is 0.464 e. The van der Waals surface area contributed by atoms with Crippen molar-refractivity contribution in [1.82, 2.24) is 10.2 Å². The van der Waals surface area contributed by atoms with Crippen LogP contribution in [0.15, 0.2) is 24.3 Å². The van der Waals surface area contributed by atoms with E-state index in [4.69, 9.17) is 21.1 Å². The average molecular weight is 443 g/mol. The lowest BCUT2D eigenvalue weighted by atomic mass is 10.1. The van der Waals surface area contributed by atoms with Crippen LogP contribution in [-0.2, 0) is 19.1 Å². The molecule has 9 heteroatoms. The number of hydrogen-bond acceptors (Lipinski definition) is 6. The Balaban J connectivity index is 1.78. The highest BCUT2D eigenvalue weighted by Crippen LogP contribution is 2.11. The van der Waals surface area contributed by atoms with E-state index in [-0.39, 0.29) is 18.4 Å². The zero-order valence-corrected chi connectivity index (χ0v) is 18.1. The van der Waals surface area contributed by atoms with E-state index in [0.717, 1.165) is 0 Å². The van der Waals surface area contributed by atoms with Gasteiger partial charge in [0.2, 0.25) is 5.91 Å². The molecule has 1 fully saturated rings. The summed E-state index contributed by atoms with van der Waals surface area (Å²) in [7, 11) is 0. The van der Waals surface area contributed by atoms with Crippen LogP contribution in [0.4, 0.5) is 0 Å². The van der Waals surface area contributed by atoms with Crippen molar-refractivity contribution >= 4 is 41.1 Å². The van der Waals surface area contributed by atoms with Gasteiger partial charge in [0.1, 0.15) is 6.04 Å². The molecule has 1 aliphatic heterocycles. The third-order valence-electron chi connectivity index (χ3n) is 4.45. The summed E-state index contributed by atoms with van der Waals surface area (Å²) in [4.78, 5) is 38.7. The maximum atomic E-state index is 12.4. The van der Waals surface area contributed by atoms with Gasteiger partial charge in [0, 0.05) is 30.1 Å². The Kier molecular flexibility index (Phi) is 10.3. The second-order valence-electron chi connectivity index (χ2n) is 6.58. The summed E-state index contributed by atoms with van der Waals surface area (Å²) in [6.07, 6.45) is 3.16. The van der Waals surface area contributed by atoms with Gasteiger partial charge < -0.3 is 19.7 Å². The van der Waals surface area contributed by atoms with Crippen LogP contribution in [0.3, 0.4) is 0 Å². The summed E-state index contributed by atoms with van der Waals surface area (Å²) >= 11 is 7.43. The summed E-state index contributed by atoms with van der Waals surface area (Å²) in [5.41, 5.74) is 0.424. The van der Waals surface area contributed by atoms with E-state index in [1.54, 1.807) is 40.9 Å². The summed E-state index contributed by atoms with van der Waals surface area (Å²) < 4.78 is 10.5. The molecule has 0 aromatic heterocycles. The molecule has 0 bridgehead atoms. The van der Waals surface area contributed by atoms with Gasteiger partial charge in [-0.1, -0.05) is 11.6 Å². The number of benzene rings is 1. The van der Waals surface area contributed by atoms with E-state index < -0.39 is 12.0 Å². The first kappa shape index (κ1) is 23.5. The number of nitrogens with zero attached hydrogens (tertiary/aromatic N) is 1. The summed E-state index contributed by atoms with van der Waals surface area (Å²) in [6, 6.07) is 5.71. The molecule has 1 saturated heterocycles. The number of rotatable bonds is 10. The van der Waals surface area contributed by atoms with Crippen LogP contribution in [0.25, 0.3) is 0 Å². The van der Waals surface area contributed by atoms with Crippen molar-refractivity contribution < 1.29 is 23.9 Å². The van der Waals surface area contributed by atoms with E-state index in [1.807, 2.05) is 6.26 Å². The van der Waals surface area contributed by atoms with Crippen LogP contribution in [0.5, 0.6) is 0 Å². The first-order chi connectivity index (χ1) is 14.0. The molecule has 1 aliphatic rings. The minimum Gasteiger partial charge on any atom is -0.464 e. The fourth-order valence-corrected chi connectivity index (χ4v) is 3.39. The number of esters is 1. The Morgan fingerprint density at radius 1 is 1.24 bits per heavy atom. The third-order valence-corrected chi connectivity index (χ3v) is 5.35. The van der Waals surface area contributed by atoms with Crippen LogP contribution in [0.2, 0.25) is 5.02 Å². The molecule has 29 heavy (non-hydrogen) atoms. The number of halogens is 1. The molecule has 2 rings (SSSR count). The monoisotopic (exact) mass is 442 g/mol. The van der Waals surface area contributed by atoms with Crippen molar-refractivity contribution in [2.24, 2.45) is 0 Å². The zero-order chi connectivity index (χ0) is 21.1. The molecule has 1 aromatic rings. The highest BCUT2D eigenvalue weighted by atomic mass is 35.5. The van der Waals surface area contributed by atoms with Crippen LogP contribution < -0.4 is 5.32 Å². The topological polar surface area (TPSA) is 84.9 Å². The number of carbonyl (C=O) groups is 3. The third kappa shape index (κ3) is 8.24. The smallest absolute Gasteiger partial charge is 0.328 e. The Hall–Kier alpha value is -1.77. The number of morpholine rings is 1. The first-order valence-electron chi connectivity index (χ1n) is 9.59. The van der Waals surface area contributed by atoms with Gasteiger partial charge >= 0.3 is 5.97 Å². The van der Waals surface area contributed by atoms with Crippen LogP contribution in [0, 0.1) is 0 Å². The van der Waals surface area contributed by atoms with Crippen LogP contribution >= 0.6 is 23.4 Å². The second kappa shape index (κ2) is 12.7. The zero-order valence-electron chi connectivity index (χ0n) is 16.5. The van der Waals surface area contributed by atoms with E-state index >= 15 is 0 Å². The van der Waals surface area contributed by atoms with E-state index in [2.05, 4.69) is 5.32 Å². The molecule has 1 unspecified atom stereocenters. The Morgan fingerprint density at radius 2 is 1.93 bits per heavy atom. The van der Waals surface area contributed by atoms with Crippen LogP contribution in [-0.4, -0.2) is 73.6 Å². The highest BCUT2D eigenvalue weighted by Gasteiger charge is 2.23. The number of ether oxygens (including phenoxy) is 2. The number of nitrogens with one attached hydrogen (secondary N) is 1. The standard InChI is InChI=1S/C20H27ClN2O5S/c1-29-14-8-17(22-19(25)15-4-6-16(21)7-5-15)20(26)28-11-2-3-18(24)23-9-12-27-13-10-23/h4-7,17H,2-3,8-14H2,1H3,(H,22,25). The second-order valence-corrected chi connectivity index (χ2v) is 8.00. The first-order valence-corrected chi connectivity index (χ1v) is 11.4. The van der Waals surface area contributed by atoms with Crippen molar-refractivity contribution in [1.29, 1.82) is 0 Å². The van der Waals surface area contributed by atoms with Gasteiger partial charge in [0.15, 0.2) is 0 Å². The maximum Gasteiger partial charge on any atom is 0.328 e. The highest BCUT2D eigenvalue weighted by molar-refractivity contribution is 7.98. The fraction of sp³-hybridized carbons (Fsp3) is 0.550. The molecular formula is C20H27ClN2O5S. The predicted molar refractivity (Wildman–Crippen MR) is 113 cm³/mol. The minimum absolute atomic E-state index is 0.0410. The Bertz CT molecular complexity index is 680. The molecule has 1 heterocycles. The van der Waals surface area contributed by atoms with Crippen molar-refractivity contribution in [3.63, 3.8) is 0 Å². The van der Waals surface area contributed by atoms with Crippen molar-refractivity contribution in [2.45, 2.75) is 25.3 Å². The molecule has 7 nitrogen and oxygen atoms in total. The van der Waals surface area contributed by atoms with Gasteiger partial charge in [-0.3, -0.25) is 9.59 Å². The predicted octanol–water partition coefficient (Wildman–Crippen LogP) is 2.37. The lowest BCUT2D eigenvalue weighted by Crippen LogP contribution is -2.42. The SMILES string of the molecule is CSCCC(NC(=O)c1ccc(Cl)cc1)C(=O)OCCCC(=O)N1CCOCC1. The number of carbonyl (C=O) groups excluding carboxylic acids is 3.